The Labute approximate surface area is 193 Å². The van der Waals surface area contributed by atoms with E-state index >= 15 is 0 Å². The second-order valence-electron chi connectivity index (χ2n) is 7.76. The summed E-state index contributed by atoms with van der Waals surface area (Å²) in [5.41, 5.74) is 5.29. The third-order valence-electron chi connectivity index (χ3n) is 5.49. The summed E-state index contributed by atoms with van der Waals surface area (Å²) in [6.45, 7) is 5.36. The molecule has 0 saturated heterocycles. The Kier molecular flexibility index (Phi) is 7.09. The molecule has 0 bridgehead atoms. The molecular weight excluding hydrogens is 412 g/mol. The van der Waals surface area contributed by atoms with Crippen LogP contribution in [0.2, 0.25) is 0 Å². The fraction of sp³-hybridized carbons (Fsp3) is 0.231. The smallest absolute Gasteiger partial charge is 0.281 e. The second-order valence-corrected chi connectivity index (χ2v) is 7.76. The summed E-state index contributed by atoms with van der Waals surface area (Å²) in [5, 5.41) is 10.9. The SMILES string of the molecule is CCc1ccc(CNc2nc(NCc3ccc(CC)cc3)n(C(=O)c3ccncc3)n2)cc1. The third-order valence-corrected chi connectivity index (χ3v) is 5.49. The number of hydrogen-bond acceptors (Lipinski definition) is 6. The minimum absolute atomic E-state index is 0.269. The van der Waals surface area contributed by atoms with Gasteiger partial charge in [0.25, 0.3) is 5.91 Å². The summed E-state index contributed by atoms with van der Waals surface area (Å²) in [4.78, 5) is 21.6. The van der Waals surface area contributed by atoms with Crippen molar-refractivity contribution in [2.75, 3.05) is 10.6 Å². The zero-order chi connectivity index (χ0) is 23.0. The highest BCUT2D eigenvalue weighted by Crippen LogP contribution is 2.15. The number of benzene rings is 2. The Hall–Kier alpha value is -4.00. The van der Waals surface area contributed by atoms with Gasteiger partial charge in [-0.2, -0.15) is 9.67 Å². The van der Waals surface area contributed by atoms with E-state index in [0.29, 0.717) is 30.5 Å². The van der Waals surface area contributed by atoms with Crippen molar-refractivity contribution in [3.05, 3.63) is 101 Å². The number of nitrogens with zero attached hydrogens (tertiary/aromatic N) is 4. The molecule has 2 N–H and O–H groups in total. The first-order chi connectivity index (χ1) is 16.2. The lowest BCUT2D eigenvalue weighted by Gasteiger charge is -2.07. The zero-order valence-corrected chi connectivity index (χ0v) is 19.0. The maximum Gasteiger partial charge on any atom is 0.281 e. The van der Waals surface area contributed by atoms with E-state index in [0.717, 1.165) is 24.0 Å². The number of hydrogen-bond donors (Lipinski definition) is 2. The maximum atomic E-state index is 13.1. The molecule has 2 aromatic heterocycles. The first-order valence-electron chi connectivity index (χ1n) is 11.2. The average molecular weight is 441 g/mol. The van der Waals surface area contributed by atoms with Gasteiger partial charge in [-0.05, 0) is 47.2 Å². The number of rotatable bonds is 9. The molecule has 168 valence electrons. The quantitative estimate of drug-likeness (QED) is 0.392. The van der Waals surface area contributed by atoms with Crippen molar-refractivity contribution in [3.63, 3.8) is 0 Å². The van der Waals surface area contributed by atoms with Crippen LogP contribution in [0.25, 0.3) is 0 Å². The Morgan fingerprint density at radius 2 is 1.27 bits per heavy atom. The first kappa shape index (κ1) is 22.2. The van der Waals surface area contributed by atoms with Crippen LogP contribution in [0.15, 0.2) is 73.1 Å². The fourth-order valence-corrected chi connectivity index (χ4v) is 3.41. The molecule has 2 aromatic carbocycles. The Morgan fingerprint density at radius 3 is 1.82 bits per heavy atom. The summed E-state index contributed by atoms with van der Waals surface area (Å²) in [6, 6.07) is 20.1. The zero-order valence-electron chi connectivity index (χ0n) is 19.0. The number of nitrogens with one attached hydrogen (secondary N) is 2. The second kappa shape index (κ2) is 10.5. The van der Waals surface area contributed by atoms with E-state index in [4.69, 9.17) is 0 Å². The number of anilines is 2. The average Bonchev–Trinajstić information content (AvgIpc) is 3.30. The van der Waals surface area contributed by atoms with E-state index in [1.165, 1.54) is 15.8 Å². The standard InChI is InChI=1S/C26H28N6O/c1-3-19-5-9-21(10-6-19)17-28-25-30-26(29-18-22-11-7-20(4-2)8-12-22)32(31-25)24(33)23-13-15-27-16-14-23/h5-16H,3-4,17-18H2,1-2H3,(H2,28,29,30,31). The van der Waals surface area contributed by atoms with Crippen LogP contribution in [0.4, 0.5) is 11.9 Å². The van der Waals surface area contributed by atoms with Gasteiger partial charge in [-0.1, -0.05) is 62.4 Å². The molecule has 0 aliphatic carbocycles. The predicted molar refractivity (Wildman–Crippen MR) is 130 cm³/mol. The van der Waals surface area contributed by atoms with Crippen molar-refractivity contribution >= 4 is 17.8 Å². The molecule has 4 aromatic rings. The molecule has 0 fully saturated rings. The first-order valence-corrected chi connectivity index (χ1v) is 11.2. The Bertz CT molecular complexity index is 1180. The largest absolute Gasteiger partial charge is 0.350 e. The number of aromatic nitrogens is 4. The minimum Gasteiger partial charge on any atom is -0.350 e. The van der Waals surface area contributed by atoms with Crippen molar-refractivity contribution in [1.82, 2.24) is 19.7 Å². The van der Waals surface area contributed by atoms with Gasteiger partial charge in [-0.25, -0.2) is 0 Å². The van der Waals surface area contributed by atoms with Crippen LogP contribution in [-0.4, -0.2) is 25.7 Å². The maximum absolute atomic E-state index is 13.1. The van der Waals surface area contributed by atoms with E-state index in [9.17, 15) is 4.79 Å². The number of pyridine rings is 1. The molecular formula is C26H28N6O. The number of carbonyl (C=O) groups is 1. The molecule has 0 unspecified atom stereocenters. The molecule has 4 rings (SSSR count). The van der Waals surface area contributed by atoms with Gasteiger partial charge < -0.3 is 10.6 Å². The van der Waals surface area contributed by atoms with E-state index in [2.05, 4.69) is 88.1 Å². The monoisotopic (exact) mass is 440 g/mol. The van der Waals surface area contributed by atoms with Gasteiger partial charge in [-0.15, -0.1) is 5.10 Å². The predicted octanol–water partition coefficient (Wildman–Crippen LogP) is 4.71. The summed E-state index contributed by atoms with van der Waals surface area (Å²) >= 11 is 0. The molecule has 2 heterocycles. The van der Waals surface area contributed by atoms with Gasteiger partial charge in [0.05, 0.1) is 0 Å². The third kappa shape index (κ3) is 5.63. The summed E-state index contributed by atoms with van der Waals surface area (Å²) in [7, 11) is 0. The topological polar surface area (TPSA) is 84.7 Å². The van der Waals surface area contributed by atoms with Gasteiger partial charge in [0.2, 0.25) is 11.9 Å². The summed E-state index contributed by atoms with van der Waals surface area (Å²) in [6.07, 6.45) is 5.18. The van der Waals surface area contributed by atoms with Gasteiger partial charge >= 0.3 is 0 Å². The van der Waals surface area contributed by atoms with Gasteiger partial charge in [0.1, 0.15) is 0 Å². The van der Waals surface area contributed by atoms with Crippen molar-refractivity contribution in [1.29, 1.82) is 0 Å². The van der Waals surface area contributed by atoms with E-state index in [1.54, 1.807) is 24.5 Å². The van der Waals surface area contributed by atoms with Gasteiger partial charge in [-0.3, -0.25) is 9.78 Å². The molecule has 0 amide bonds. The molecule has 0 atom stereocenters. The number of carbonyl (C=O) groups excluding carboxylic acids is 1. The molecule has 7 nitrogen and oxygen atoms in total. The molecule has 7 heteroatoms. The molecule has 0 radical (unpaired) electrons. The van der Waals surface area contributed by atoms with Crippen LogP contribution in [0, 0.1) is 0 Å². The van der Waals surface area contributed by atoms with Crippen molar-refractivity contribution in [2.45, 2.75) is 39.8 Å². The van der Waals surface area contributed by atoms with Crippen LogP contribution < -0.4 is 10.6 Å². The summed E-state index contributed by atoms with van der Waals surface area (Å²) in [5.74, 6) is 0.509. The van der Waals surface area contributed by atoms with Gasteiger partial charge in [0.15, 0.2) is 0 Å². The minimum atomic E-state index is -0.269. The van der Waals surface area contributed by atoms with E-state index in [-0.39, 0.29) is 5.91 Å². The van der Waals surface area contributed by atoms with Crippen molar-refractivity contribution < 1.29 is 4.79 Å². The molecule has 0 aliphatic rings. The van der Waals surface area contributed by atoms with Crippen LogP contribution >= 0.6 is 0 Å². The lowest BCUT2D eigenvalue weighted by Crippen LogP contribution is -2.17. The number of aryl methyl sites for hydroxylation is 2. The normalized spacial score (nSPS) is 10.7. The molecule has 33 heavy (non-hydrogen) atoms. The Balaban J connectivity index is 1.53. The van der Waals surface area contributed by atoms with E-state index < -0.39 is 0 Å². The summed E-state index contributed by atoms with van der Waals surface area (Å²) < 4.78 is 1.30. The van der Waals surface area contributed by atoms with E-state index in [1.807, 2.05) is 0 Å². The van der Waals surface area contributed by atoms with Crippen LogP contribution in [0.1, 0.15) is 46.5 Å². The van der Waals surface area contributed by atoms with Crippen LogP contribution in [0.3, 0.4) is 0 Å². The van der Waals surface area contributed by atoms with Crippen LogP contribution in [0.5, 0.6) is 0 Å². The van der Waals surface area contributed by atoms with Crippen LogP contribution in [-0.2, 0) is 25.9 Å². The lowest BCUT2D eigenvalue weighted by atomic mass is 10.1. The van der Waals surface area contributed by atoms with Crippen molar-refractivity contribution in [3.8, 4) is 0 Å². The molecule has 0 aliphatic heterocycles. The highest BCUT2D eigenvalue weighted by atomic mass is 16.2. The van der Waals surface area contributed by atoms with Crippen molar-refractivity contribution in [2.24, 2.45) is 0 Å². The highest BCUT2D eigenvalue weighted by molar-refractivity contribution is 5.96. The van der Waals surface area contributed by atoms with Gasteiger partial charge in [0, 0.05) is 31.0 Å². The lowest BCUT2D eigenvalue weighted by molar-refractivity contribution is 0.0947. The molecule has 0 spiro atoms. The highest BCUT2D eigenvalue weighted by Gasteiger charge is 2.18. The molecule has 0 saturated carbocycles. The Morgan fingerprint density at radius 1 is 0.758 bits per heavy atom. The fourth-order valence-electron chi connectivity index (χ4n) is 3.41.